The summed E-state index contributed by atoms with van der Waals surface area (Å²) in [6, 6.07) is 5.54. The number of nitrogens with zero attached hydrogens (tertiary/aromatic N) is 2. The zero-order valence-corrected chi connectivity index (χ0v) is 26.4. The summed E-state index contributed by atoms with van der Waals surface area (Å²) in [6.07, 6.45) is 2.42. The molecule has 1 aromatic carbocycles. The highest BCUT2D eigenvalue weighted by Crippen LogP contribution is 2.29. The highest BCUT2D eigenvalue weighted by Gasteiger charge is 2.21. The van der Waals surface area contributed by atoms with Gasteiger partial charge in [-0.2, -0.15) is 0 Å². The number of carbonyl (C=O) groups excluding carboxylic acids is 3. The van der Waals surface area contributed by atoms with Crippen LogP contribution in [0.5, 0.6) is 0 Å². The molecule has 41 heavy (non-hydrogen) atoms. The molecule has 4 N–H and O–H groups in total. The van der Waals surface area contributed by atoms with E-state index in [1.165, 1.54) is 11.8 Å². The number of hydrogen-bond acceptors (Lipinski definition) is 9. The fraction of sp³-hybridized carbons (Fsp3) is 0.567. The average Bonchev–Trinajstić information content (AvgIpc) is 2.80. The quantitative estimate of drug-likeness (QED) is 0.125. The molecule has 0 atom stereocenters. The number of esters is 1. The fourth-order valence-corrected chi connectivity index (χ4v) is 4.68. The maximum Gasteiger partial charge on any atom is 0.407 e. The molecule has 226 valence electrons. The molecule has 0 aliphatic heterocycles. The lowest BCUT2D eigenvalue weighted by molar-refractivity contribution is -0.120. The topological polar surface area (TPSA) is 146 Å². The zero-order valence-electron chi connectivity index (χ0n) is 25.6. The van der Waals surface area contributed by atoms with Gasteiger partial charge >= 0.3 is 12.1 Å². The summed E-state index contributed by atoms with van der Waals surface area (Å²) >= 11 is 1.42. The van der Waals surface area contributed by atoms with E-state index < -0.39 is 23.3 Å². The number of thioether (sulfide) groups is 1. The van der Waals surface area contributed by atoms with E-state index in [1.807, 2.05) is 67.5 Å². The summed E-state index contributed by atoms with van der Waals surface area (Å²) in [7, 11) is 0. The Bertz CT molecular complexity index is 1220. The number of ether oxygens (including phenoxy) is 2. The predicted molar refractivity (Wildman–Crippen MR) is 163 cm³/mol. The largest absolute Gasteiger partial charge is 0.456 e. The lowest BCUT2D eigenvalue weighted by Gasteiger charge is -2.21. The van der Waals surface area contributed by atoms with Crippen LogP contribution in [0.1, 0.15) is 88.7 Å². The molecule has 0 unspecified atom stereocenters. The van der Waals surface area contributed by atoms with E-state index >= 15 is 0 Å². The van der Waals surface area contributed by atoms with Gasteiger partial charge in [-0.3, -0.25) is 4.79 Å². The number of nitrogen functional groups attached to an aromatic ring is 1. The first kappa shape index (κ1) is 33.9. The Hall–Kier alpha value is -3.34. The van der Waals surface area contributed by atoms with Crippen molar-refractivity contribution in [3.8, 4) is 11.3 Å². The van der Waals surface area contributed by atoms with Crippen molar-refractivity contribution in [3.05, 3.63) is 34.9 Å². The molecule has 0 bridgehead atoms. The van der Waals surface area contributed by atoms with Crippen molar-refractivity contribution < 1.29 is 23.9 Å². The van der Waals surface area contributed by atoms with Gasteiger partial charge in [0.2, 0.25) is 11.9 Å². The highest BCUT2D eigenvalue weighted by atomic mass is 32.2. The first-order chi connectivity index (χ1) is 19.0. The van der Waals surface area contributed by atoms with Crippen LogP contribution in [0.15, 0.2) is 23.2 Å². The van der Waals surface area contributed by atoms with Gasteiger partial charge in [-0.05, 0) is 97.9 Å². The molecule has 0 fully saturated rings. The number of amides is 2. The third kappa shape index (κ3) is 12.8. The molecule has 0 aliphatic carbocycles. The van der Waals surface area contributed by atoms with E-state index in [4.69, 9.17) is 15.2 Å². The van der Waals surface area contributed by atoms with Crippen LogP contribution in [0, 0.1) is 13.8 Å². The van der Waals surface area contributed by atoms with Crippen LogP contribution in [0.25, 0.3) is 11.3 Å². The standard InChI is InChI=1S/C30H45N5O5S/c1-19-16-20(2)22(26(37)39-29(3,4)5)17-21(19)23-18-25(35-27(31)34-23)41-15-12-24(36)32-13-10-9-11-14-33-28(38)40-30(6,7)8/h16-18H,9-15H2,1-8H3,(H,32,36)(H,33,38)(H2,31,34,35). The Morgan fingerprint density at radius 3 is 2.12 bits per heavy atom. The lowest BCUT2D eigenvalue weighted by Crippen LogP contribution is -2.33. The molecule has 1 aromatic heterocycles. The van der Waals surface area contributed by atoms with Gasteiger partial charge in [0.05, 0.1) is 11.3 Å². The second-order valence-corrected chi connectivity index (χ2v) is 13.0. The van der Waals surface area contributed by atoms with Gasteiger partial charge < -0.3 is 25.8 Å². The van der Waals surface area contributed by atoms with Crippen LogP contribution in [0.2, 0.25) is 0 Å². The van der Waals surface area contributed by atoms with Crippen LogP contribution in [-0.2, 0) is 14.3 Å². The van der Waals surface area contributed by atoms with Crippen molar-refractivity contribution in [1.82, 2.24) is 20.6 Å². The van der Waals surface area contributed by atoms with Gasteiger partial charge in [0, 0.05) is 30.8 Å². The molecule has 10 nitrogen and oxygen atoms in total. The maximum absolute atomic E-state index is 12.8. The number of rotatable bonds is 12. The highest BCUT2D eigenvalue weighted by molar-refractivity contribution is 7.99. The Kier molecular flexibility index (Phi) is 12.4. The van der Waals surface area contributed by atoms with E-state index in [2.05, 4.69) is 20.6 Å². The van der Waals surface area contributed by atoms with Crippen LogP contribution < -0.4 is 16.4 Å². The number of nitrogens with one attached hydrogen (secondary N) is 2. The number of nitrogens with two attached hydrogens (primary N) is 1. The molecule has 0 aliphatic rings. The van der Waals surface area contributed by atoms with E-state index in [0.717, 1.165) is 36.0 Å². The second kappa shape index (κ2) is 15.0. The smallest absolute Gasteiger partial charge is 0.407 e. The first-order valence-corrected chi connectivity index (χ1v) is 14.9. The number of anilines is 1. The molecule has 0 saturated heterocycles. The monoisotopic (exact) mass is 587 g/mol. The number of carbonyl (C=O) groups is 3. The molecule has 2 amide bonds. The second-order valence-electron chi connectivity index (χ2n) is 11.9. The van der Waals surface area contributed by atoms with Crippen LogP contribution in [0.3, 0.4) is 0 Å². The van der Waals surface area contributed by atoms with Gasteiger partial charge in [-0.25, -0.2) is 19.6 Å². The summed E-state index contributed by atoms with van der Waals surface area (Å²) in [5, 5.41) is 6.31. The average molecular weight is 588 g/mol. The van der Waals surface area contributed by atoms with Crippen LogP contribution >= 0.6 is 11.8 Å². The summed E-state index contributed by atoms with van der Waals surface area (Å²) < 4.78 is 10.8. The van der Waals surface area contributed by atoms with E-state index in [-0.39, 0.29) is 11.9 Å². The van der Waals surface area contributed by atoms with Crippen molar-refractivity contribution in [2.45, 2.75) is 97.3 Å². The molecule has 2 rings (SSSR count). The van der Waals surface area contributed by atoms with Gasteiger partial charge in [-0.15, -0.1) is 11.8 Å². The van der Waals surface area contributed by atoms with Crippen molar-refractivity contribution >= 4 is 35.7 Å². The number of benzene rings is 1. The zero-order chi connectivity index (χ0) is 30.8. The molecule has 0 saturated carbocycles. The van der Waals surface area contributed by atoms with Crippen LogP contribution in [0.4, 0.5) is 10.7 Å². The Labute approximate surface area is 248 Å². The molecular weight excluding hydrogens is 542 g/mol. The van der Waals surface area contributed by atoms with E-state index in [0.29, 0.717) is 41.5 Å². The Balaban J connectivity index is 1.84. The minimum Gasteiger partial charge on any atom is -0.456 e. The Morgan fingerprint density at radius 1 is 0.854 bits per heavy atom. The van der Waals surface area contributed by atoms with E-state index in [1.54, 1.807) is 6.07 Å². The molecular formula is C30H45N5O5S. The minimum atomic E-state index is -0.606. The normalized spacial score (nSPS) is 11.6. The fourth-order valence-electron chi connectivity index (χ4n) is 3.83. The van der Waals surface area contributed by atoms with Crippen LogP contribution in [-0.4, -0.2) is 58.0 Å². The lowest BCUT2D eigenvalue weighted by atomic mass is 9.97. The van der Waals surface area contributed by atoms with Crippen molar-refractivity contribution in [2.75, 3.05) is 24.6 Å². The predicted octanol–water partition coefficient (Wildman–Crippen LogP) is 5.59. The summed E-state index contributed by atoms with van der Waals surface area (Å²) in [6.45, 7) is 15.9. The number of aromatic nitrogens is 2. The number of hydrogen-bond donors (Lipinski definition) is 3. The Morgan fingerprint density at radius 2 is 1.49 bits per heavy atom. The molecule has 0 radical (unpaired) electrons. The number of alkyl carbamates (subject to hydrolysis) is 1. The van der Waals surface area contributed by atoms with Gasteiger partial charge in [0.1, 0.15) is 16.2 Å². The summed E-state index contributed by atoms with van der Waals surface area (Å²) in [5.74, 6) is 0.214. The maximum atomic E-state index is 12.8. The molecule has 0 spiro atoms. The SMILES string of the molecule is Cc1cc(C)c(-c2cc(SCCC(=O)NCCCCCNC(=O)OC(C)(C)C)nc(N)n2)cc1C(=O)OC(C)(C)C. The van der Waals surface area contributed by atoms with Crippen molar-refractivity contribution in [2.24, 2.45) is 0 Å². The molecule has 1 heterocycles. The van der Waals surface area contributed by atoms with Gasteiger partial charge in [0.25, 0.3) is 0 Å². The van der Waals surface area contributed by atoms with Gasteiger partial charge in [-0.1, -0.05) is 6.07 Å². The minimum absolute atomic E-state index is 0.0389. The number of unbranched alkanes of at least 4 members (excludes halogenated alkanes) is 2. The van der Waals surface area contributed by atoms with Gasteiger partial charge in [0.15, 0.2) is 0 Å². The summed E-state index contributed by atoms with van der Waals surface area (Å²) in [4.78, 5) is 45.4. The third-order valence-corrected chi connectivity index (χ3v) is 6.52. The molecule has 11 heteroatoms. The van der Waals surface area contributed by atoms with Crippen molar-refractivity contribution in [1.29, 1.82) is 0 Å². The first-order valence-electron chi connectivity index (χ1n) is 13.9. The van der Waals surface area contributed by atoms with Crippen molar-refractivity contribution in [3.63, 3.8) is 0 Å². The summed E-state index contributed by atoms with van der Waals surface area (Å²) in [5.41, 5.74) is 8.51. The third-order valence-electron chi connectivity index (χ3n) is 5.61. The van der Waals surface area contributed by atoms with E-state index in [9.17, 15) is 14.4 Å². The number of aryl methyl sites for hydroxylation is 2. The molecule has 2 aromatic rings.